The minimum atomic E-state index is -0.249. The molecule has 9 heteroatoms. The van der Waals surface area contributed by atoms with E-state index in [0.29, 0.717) is 29.1 Å². The average molecular weight is 754 g/mol. The highest BCUT2D eigenvalue weighted by atomic mass is 79.9. The van der Waals surface area contributed by atoms with Gasteiger partial charge >= 0.3 is 0 Å². The first-order valence-corrected chi connectivity index (χ1v) is 15.7. The first-order valence-electron chi connectivity index (χ1n) is 13.3. The Balaban J connectivity index is 1.56. The quantitative estimate of drug-likeness (QED) is 0.148. The van der Waals surface area contributed by atoms with Crippen LogP contribution in [0.1, 0.15) is 42.0 Å². The monoisotopic (exact) mass is 751 g/mol. The van der Waals surface area contributed by atoms with Gasteiger partial charge < -0.3 is 9.47 Å². The topological polar surface area (TPSA) is 65.7 Å². The predicted molar refractivity (Wildman–Crippen MR) is 180 cm³/mol. The molecule has 6 nitrogen and oxygen atoms in total. The molecule has 0 radical (unpaired) electrons. The number of fused-ring (bicyclic) bond motifs is 1. The molecule has 5 rings (SSSR count). The zero-order valence-electron chi connectivity index (χ0n) is 23.5. The fourth-order valence-electron chi connectivity index (χ4n) is 4.62. The summed E-state index contributed by atoms with van der Waals surface area (Å²) in [6, 6.07) is 23.1. The maximum absolute atomic E-state index is 13.8. The van der Waals surface area contributed by atoms with Gasteiger partial charge in [-0.1, -0.05) is 54.0 Å². The fraction of sp³-hybridized carbons (Fsp3) is 0.182. The molecule has 5 aromatic rings. The molecule has 0 spiro atoms. The van der Waals surface area contributed by atoms with Crippen LogP contribution in [0.2, 0.25) is 0 Å². The van der Waals surface area contributed by atoms with E-state index in [1.165, 1.54) is 4.68 Å². The van der Waals surface area contributed by atoms with Gasteiger partial charge in [0.15, 0.2) is 5.82 Å². The summed E-state index contributed by atoms with van der Waals surface area (Å²) < 4.78 is 15.6. The van der Waals surface area contributed by atoms with Crippen LogP contribution in [0.15, 0.2) is 96.1 Å². The highest BCUT2D eigenvalue weighted by molar-refractivity contribution is 9.11. The third kappa shape index (κ3) is 6.38. The lowest BCUT2D eigenvalue weighted by molar-refractivity contribution is 0.302. The van der Waals surface area contributed by atoms with E-state index in [1.807, 2.05) is 73.7 Å². The van der Waals surface area contributed by atoms with Crippen molar-refractivity contribution in [2.24, 2.45) is 5.10 Å². The lowest BCUT2D eigenvalue weighted by Crippen LogP contribution is -2.20. The van der Waals surface area contributed by atoms with E-state index in [4.69, 9.17) is 14.5 Å². The van der Waals surface area contributed by atoms with E-state index < -0.39 is 0 Å². The minimum Gasteiger partial charge on any atom is -0.496 e. The van der Waals surface area contributed by atoms with E-state index in [0.717, 1.165) is 47.0 Å². The number of aryl methyl sites for hydroxylation is 1. The molecule has 1 heterocycles. The molecular formula is C33H28Br3N3O3. The molecule has 0 saturated heterocycles. The second kappa shape index (κ2) is 12.9. The minimum absolute atomic E-state index is 0.211. The highest BCUT2D eigenvalue weighted by Crippen LogP contribution is 2.36. The number of hydrogen-bond donors (Lipinski definition) is 0. The summed E-state index contributed by atoms with van der Waals surface area (Å²) >= 11 is 10.7. The third-order valence-corrected chi connectivity index (χ3v) is 8.54. The summed E-state index contributed by atoms with van der Waals surface area (Å²) in [5.74, 6) is 2.16. The maximum atomic E-state index is 13.8. The fourth-order valence-corrected chi connectivity index (χ4v) is 6.34. The van der Waals surface area contributed by atoms with Crippen molar-refractivity contribution in [3.8, 4) is 22.9 Å². The molecule has 0 aliphatic carbocycles. The zero-order chi connectivity index (χ0) is 30.0. The SMILES string of the molecule is COc1cc(C)c(-c2nc3ccccc3c(=O)n2N=Cc2cc(Br)c(OCc3ccc(Br)cc3)c(Br)c2)cc1C(C)C. The molecule has 214 valence electrons. The number of benzene rings is 4. The van der Waals surface area contributed by atoms with Crippen LogP contribution in [0, 0.1) is 6.92 Å². The third-order valence-electron chi connectivity index (χ3n) is 6.83. The van der Waals surface area contributed by atoms with Crippen molar-refractivity contribution in [2.45, 2.75) is 33.3 Å². The Hall–Kier alpha value is -3.27. The van der Waals surface area contributed by atoms with Gasteiger partial charge in [-0.15, -0.1) is 0 Å². The highest BCUT2D eigenvalue weighted by Gasteiger charge is 2.18. The van der Waals surface area contributed by atoms with Crippen LogP contribution in [0.4, 0.5) is 0 Å². The van der Waals surface area contributed by atoms with Gasteiger partial charge in [0.1, 0.15) is 18.1 Å². The summed E-state index contributed by atoms with van der Waals surface area (Å²) in [5.41, 5.74) is 4.96. The summed E-state index contributed by atoms with van der Waals surface area (Å²) in [6.07, 6.45) is 1.65. The van der Waals surface area contributed by atoms with E-state index in [1.54, 1.807) is 19.4 Å². The van der Waals surface area contributed by atoms with Crippen LogP contribution in [0.5, 0.6) is 11.5 Å². The molecule has 0 unspecified atom stereocenters. The van der Waals surface area contributed by atoms with Crippen molar-refractivity contribution in [3.63, 3.8) is 0 Å². The Morgan fingerprint density at radius 3 is 2.33 bits per heavy atom. The van der Waals surface area contributed by atoms with Crippen LogP contribution >= 0.6 is 47.8 Å². The molecule has 0 aliphatic rings. The Kier molecular flexibility index (Phi) is 9.30. The number of rotatable bonds is 8. The van der Waals surface area contributed by atoms with Gasteiger partial charge in [0.05, 0.1) is 33.2 Å². The van der Waals surface area contributed by atoms with Gasteiger partial charge in [0, 0.05) is 10.0 Å². The molecule has 4 aromatic carbocycles. The number of ether oxygens (including phenoxy) is 2. The van der Waals surface area contributed by atoms with Gasteiger partial charge in [-0.05, 0) is 115 Å². The van der Waals surface area contributed by atoms with Crippen molar-refractivity contribution >= 4 is 64.9 Å². The summed E-state index contributed by atoms with van der Waals surface area (Å²) in [7, 11) is 1.67. The first-order chi connectivity index (χ1) is 20.2. The number of para-hydroxylation sites is 1. The maximum Gasteiger partial charge on any atom is 0.282 e. The molecular weight excluding hydrogens is 726 g/mol. The second-order valence-electron chi connectivity index (χ2n) is 10.1. The molecule has 0 amide bonds. The van der Waals surface area contributed by atoms with Crippen LogP contribution < -0.4 is 15.0 Å². The normalized spacial score (nSPS) is 11.5. The Morgan fingerprint density at radius 2 is 1.67 bits per heavy atom. The summed E-state index contributed by atoms with van der Waals surface area (Å²) in [4.78, 5) is 18.7. The largest absolute Gasteiger partial charge is 0.496 e. The van der Waals surface area contributed by atoms with Crippen molar-refractivity contribution in [3.05, 3.63) is 119 Å². The number of aromatic nitrogens is 2. The summed E-state index contributed by atoms with van der Waals surface area (Å²) in [5, 5.41) is 5.17. The second-order valence-corrected chi connectivity index (χ2v) is 12.7. The van der Waals surface area contributed by atoms with E-state index in [9.17, 15) is 4.79 Å². The Bertz CT molecular complexity index is 1840. The van der Waals surface area contributed by atoms with Gasteiger partial charge in [0.25, 0.3) is 5.56 Å². The smallest absolute Gasteiger partial charge is 0.282 e. The van der Waals surface area contributed by atoms with Gasteiger partial charge in [-0.25, -0.2) is 4.98 Å². The van der Waals surface area contributed by atoms with Gasteiger partial charge in [-0.3, -0.25) is 4.79 Å². The Morgan fingerprint density at radius 1 is 0.976 bits per heavy atom. The first kappa shape index (κ1) is 30.2. The standard InChI is InChI=1S/C33H28Br3N3O3/c1-19(2)25-16-26(20(3)13-30(25)41-4)32-38-29-8-6-5-7-24(29)33(40)39(32)37-17-22-14-27(35)31(28(36)15-22)42-18-21-9-11-23(34)12-10-21/h5-17,19H,18H2,1-4H3. The lowest BCUT2D eigenvalue weighted by Gasteiger charge is -2.17. The molecule has 42 heavy (non-hydrogen) atoms. The molecule has 0 saturated carbocycles. The van der Waals surface area contributed by atoms with Gasteiger partial charge in [0.2, 0.25) is 0 Å². The molecule has 0 N–H and O–H groups in total. The molecule has 0 aliphatic heterocycles. The zero-order valence-corrected chi connectivity index (χ0v) is 28.2. The predicted octanol–water partition coefficient (Wildman–Crippen LogP) is 9.25. The van der Waals surface area contributed by atoms with E-state index >= 15 is 0 Å². The molecule has 0 atom stereocenters. The number of hydrogen-bond acceptors (Lipinski definition) is 5. The average Bonchev–Trinajstić information content (AvgIpc) is 2.96. The molecule has 0 fully saturated rings. The van der Waals surface area contributed by atoms with Crippen molar-refractivity contribution in [1.82, 2.24) is 9.66 Å². The van der Waals surface area contributed by atoms with Crippen LogP contribution in [0.25, 0.3) is 22.3 Å². The van der Waals surface area contributed by atoms with E-state index in [2.05, 4.69) is 66.7 Å². The van der Waals surface area contributed by atoms with Crippen LogP contribution in [-0.2, 0) is 6.61 Å². The Labute approximate surface area is 269 Å². The number of halogens is 3. The van der Waals surface area contributed by atoms with Crippen molar-refractivity contribution in [1.29, 1.82) is 0 Å². The summed E-state index contributed by atoms with van der Waals surface area (Å²) in [6.45, 7) is 6.62. The molecule has 0 bridgehead atoms. The number of methoxy groups -OCH3 is 1. The van der Waals surface area contributed by atoms with Crippen LogP contribution in [-0.4, -0.2) is 23.0 Å². The van der Waals surface area contributed by atoms with Crippen molar-refractivity contribution in [2.75, 3.05) is 7.11 Å². The lowest BCUT2D eigenvalue weighted by atomic mass is 9.96. The molecule has 1 aromatic heterocycles. The van der Waals surface area contributed by atoms with Gasteiger partial charge in [-0.2, -0.15) is 9.78 Å². The van der Waals surface area contributed by atoms with Crippen LogP contribution in [0.3, 0.4) is 0 Å². The number of nitrogens with zero attached hydrogens (tertiary/aromatic N) is 3. The van der Waals surface area contributed by atoms with E-state index in [-0.39, 0.29) is 11.5 Å². The van der Waals surface area contributed by atoms with Crippen molar-refractivity contribution < 1.29 is 9.47 Å².